The standard InChI is InChI=1S/C17H18FNO3/c1-2-8-21-17(20)13-6-7-16(15(19)10-13)22-11-12-4-3-5-14(18)9-12/h3-7,9-10H,2,8,11,19H2,1H3. The van der Waals surface area contributed by atoms with Crippen LogP contribution in [0.15, 0.2) is 42.5 Å². The number of halogens is 1. The van der Waals surface area contributed by atoms with E-state index in [2.05, 4.69) is 0 Å². The van der Waals surface area contributed by atoms with Crippen molar-refractivity contribution in [3.63, 3.8) is 0 Å². The third-order valence-electron chi connectivity index (χ3n) is 2.97. The van der Waals surface area contributed by atoms with Crippen molar-refractivity contribution >= 4 is 11.7 Å². The predicted octanol–water partition coefficient (Wildman–Crippen LogP) is 3.55. The Kier molecular flexibility index (Phi) is 5.36. The van der Waals surface area contributed by atoms with Crippen LogP contribution >= 0.6 is 0 Å². The van der Waals surface area contributed by atoms with Crippen molar-refractivity contribution < 1.29 is 18.7 Å². The molecule has 116 valence electrons. The Morgan fingerprint density at radius 1 is 1.23 bits per heavy atom. The summed E-state index contributed by atoms with van der Waals surface area (Å²) in [6, 6.07) is 10.9. The zero-order chi connectivity index (χ0) is 15.9. The minimum Gasteiger partial charge on any atom is -0.487 e. The molecule has 0 aromatic heterocycles. The molecule has 0 fully saturated rings. The molecule has 0 bridgehead atoms. The molecule has 0 atom stereocenters. The fourth-order valence-electron chi connectivity index (χ4n) is 1.87. The highest BCUT2D eigenvalue weighted by Gasteiger charge is 2.10. The lowest BCUT2D eigenvalue weighted by molar-refractivity contribution is 0.0505. The van der Waals surface area contributed by atoms with Crippen LogP contribution in [0.4, 0.5) is 10.1 Å². The van der Waals surface area contributed by atoms with E-state index >= 15 is 0 Å². The van der Waals surface area contributed by atoms with Gasteiger partial charge in [-0.15, -0.1) is 0 Å². The molecule has 2 N–H and O–H groups in total. The van der Waals surface area contributed by atoms with E-state index in [9.17, 15) is 9.18 Å². The van der Waals surface area contributed by atoms with Crippen molar-refractivity contribution in [2.45, 2.75) is 20.0 Å². The number of nitrogen functional groups attached to an aromatic ring is 1. The zero-order valence-electron chi connectivity index (χ0n) is 12.3. The Morgan fingerprint density at radius 2 is 2.05 bits per heavy atom. The lowest BCUT2D eigenvalue weighted by atomic mass is 10.2. The maximum Gasteiger partial charge on any atom is 0.338 e. The molecule has 0 heterocycles. The summed E-state index contributed by atoms with van der Waals surface area (Å²) < 4.78 is 23.7. The molecular weight excluding hydrogens is 285 g/mol. The molecule has 0 radical (unpaired) electrons. The Hall–Kier alpha value is -2.56. The van der Waals surface area contributed by atoms with E-state index in [0.29, 0.717) is 29.2 Å². The Morgan fingerprint density at radius 3 is 2.73 bits per heavy atom. The Labute approximate surface area is 128 Å². The first kappa shape index (κ1) is 15.8. The molecule has 22 heavy (non-hydrogen) atoms. The highest BCUT2D eigenvalue weighted by Crippen LogP contribution is 2.24. The molecule has 2 aromatic rings. The minimum absolute atomic E-state index is 0.196. The smallest absolute Gasteiger partial charge is 0.338 e. The number of anilines is 1. The second-order valence-electron chi connectivity index (χ2n) is 4.81. The van der Waals surface area contributed by atoms with Crippen LogP contribution in [0, 0.1) is 5.82 Å². The number of nitrogens with two attached hydrogens (primary N) is 1. The predicted molar refractivity (Wildman–Crippen MR) is 82.2 cm³/mol. The largest absolute Gasteiger partial charge is 0.487 e. The molecule has 0 saturated heterocycles. The molecule has 0 saturated carbocycles. The maximum absolute atomic E-state index is 13.1. The monoisotopic (exact) mass is 303 g/mol. The van der Waals surface area contributed by atoms with Crippen LogP contribution in [0.1, 0.15) is 29.3 Å². The molecule has 2 aromatic carbocycles. The average molecular weight is 303 g/mol. The van der Waals surface area contributed by atoms with E-state index in [1.165, 1.54) is 18.2 Å². The van der Waals surface area contributed by atoms with E-state index in [4.69, 9.17) is 15.2 Å². The summed E-state index contributed by atoms with van der Waals surface area (Å²) in [6.45, 7) is 2.49. The summed E-state index contributed by atoms with van der Waals surface area (Å²) in [6.07, 6.45) is 0.760. The van der Waals surface area contributed by atoms with Gasteiger partial charge in [0.15, 0.2) is 0 Å². The van der Waals surface area contributed by atoms with Crippen LogP contribution < -0.4 is 10.5 Å². The normalized spacial score (nSPS) is 10.3. The van der Waals surface area contributed by atoms with E-state index < -0.39 is 5.97 Å². The lowest BCUT2D eigenvalue weighted by Crippen LogP contribution is -2.07. The van der Waals surface area contributed by atoms with Gasteiger partial charge in [0, 0.05) is 0 Å². The van der Waals surface area contributed by atoms with Gasteiger partial charge in [0.25, 0.3) is 0 Å². The lowest BCUT2D eigenvalue weighted by Gasteiger charge is -2.10. The molecule has 4 nitrogen and oxygen atoms in total. The second kappa shape index (κ2) is 7.45. The molecule has 2 rings (SSSR count). The van der Waals surface area contributed by atoms with E-state index in [0.717, 1.165) is 6.42 Å². The van der Waals surface area contributed by atoms with E-state index in [-0.39, 0.29) is 12.4 Å². The topological polar surface area (TPSA) is 61.5 Å². The van der Waals surface area contributed by atoms with E-state index in [1.54, 1.807) is 24.3 Å². The number of hydrogen-bond donors (Lipinski definition) is 1. The van der Waals surface area contributed by atoms with Gasteiger partial charge in [0.2, 0.25) is 0 Å². The van der Waals surface area contributed by atoms with Gasteiger partial charge in [-0.25, -0.2) is 9.18 Å². The molecular formula is C17H18FNO3. The molecule has 0 aliphatic rings. The summed E-state index contributed by atoms with van der Waals surface area (Å²) >= 11 is 0. The van der Waals surface area contributed by atoms with Gasteiger partial charge >= 0.3 is 5.97 Å². The SMILES string of the molecule is CCCOC(=O)c1ccc(OCc2cccc(F)c2)c(N)c1. The van der Waals surface area contributed by atoms with Crippen molar-refractivity contribution in [2.24, 2.45) is 0 Å². The van der Waals surface area contributed by atoms with Crippen molar-refractivity contribution in [3.05, 3.63) is 59.4 Å². The molecule has 0 spiro atoms. The number of hydrogen-bond acceptors (Lipinski definition) is 4. The van der Waals surface area contributed by atoms with E-state index in [1.807, 2.05) is 6.92 Å². The van der Waals surface area contributed by atoms with Gasteiger partial charge in [-0.1, -0.05) is 19.1 Å². The summed E-state index contributed by atoms with van der Waals surface area (Å²) in [4.78, 5) is 11.7. The number of ether oxygens (including phenoxy) is 2. The quantitative estimate of drug-likeness (QED) is 0.655. The van der Waals surface area contributed by atoms with Crippen LogP contribution in [0.2, 0.25) is 0 Å². The number of carbonyl (C=O) groups is 1. The van der Waals surface area contributed by atoms with Gasteiger partial charge in [0.1, 0.15) is 18.2 Å². The number of carbonyl (C=O) groups excluding carboxylic acids is 1. The van der Waals surface area contributed by atoms with Crippen molar-refractivity contribution in [2.75, 3.05) is 12.3 Å². The molecule has 5 heteroatoms. The summed E-state index contributed by atoms with van der Waals surface area (Å²) in [5, 5.41) is 0. The van der Waals surface area contributed by atoms with Gasteiger partial charge in [-0.3, -0.25) is 0 Å². The molecule has 0 amide bonds. The van der Waals surface area contributed by atoms with Gasteiger partial charge < -0.3 is 15.2 Å². The number of rotatable bonds is 6. The van der Waals surface area contributed by atoms with Crippen LogP contribution in [0.25, 0.3) is 0 Å². The summed E-state index contributed by atoms with van der Waals surface area (Å²) in [5.41, 5.74) is 7.29. The second-order valence-corrected chi connectivity index (χ2v) is 4.81. The van der Waals surface area contributed by atoms with Gasteiger partial charge in [-0.05, 0) is 42.3 Å². The van der Waals surface area contributed by atoms with Crippen molar-refractivity contribution in [1.29, 1.82) is 0 Å². The molecule has 0 unspecified atom stereocenters. The first-order chi connectivity index (χ1) is 10.6. The first-order valence-electron chi connectivity index (χ1n) is 7.04. The fraction of sp³-hybridized carbons (Fsp3) is 0.235. The Balaban J connectivity index is 2.02. The fourth-order valence-corrected chi connectivity index (χ4v) is 1.87. The van der Waals surface area contributed by atoms with Crippen LogP contribution in [0.5, 0.6) is 5.75 Å². The van der Waals surface area contributed by atoms with Gasteiger partial charge in [-0.2, -0.15) is 0 Å². The van der Waals surface area contributed by atoms with Crippen LogP contribution in [-0.2, 0) is 11.3 Å². The zero-order valence-corrected chi connectivity index (χ0v) is 12.3. The molecule has 0 aliphatic heterocycles. The first-order valence-corrected chi connectivity index (χ1v) is 7.04. The number of benzene rings is 2. The molecule has 0 aliphatic carbocycles. The number of esters is 1. The van der Waals surface area contributed by atoms with Crippen molar-refractivity contribution in [1.82, 2.24) is 0 Å². The Bertz CT molecular complexity index is 658. The summed E-state index contributed by atoms with van der Waals surface area (Å²) in [5.74, 6) is -0.287. The van der Waals surface area contributed by atoms with Gasteiger partial charge in [0.05, 0.1) is 17.9 Å². The maximum atomic E-state index is 13.1. The highest BCUT2D eigenvalue weighted by atomic mass is 19.1. The summed E-state index contributed by atoms with van der Waals surface area (Å²) in [7, 11) is 0. The third-order valence-corrected chi connectivity index (χ3v) is 2.97. The average Bonchev–Trinajstić information content (AvgIpc) is 2.51. The highest BCUT2D eigenvalue weighted by molar-refractivity contribution is 5.91. The van der Waals surface area contributed by atoms with Crippen molar-refractivity contribution in [3.8, 4) is 5.75 Å². The van der Waals surface area contributed by atoms with Crippen LogP contribution in [-0.4, -0.2) is 12.6 Å². The third kappa shape index (κ3) is 4.22. The van der Waals surface area contributed by atoms with Crippen LogP contribution in [0.3, 0.4) is 0 Å². The minimum atomic E-state index is -0.412.